The van der Waals surface area contributed by atoms with Gasteiger partial charge in [-0.2, -0.15) is 0 Å². The van der Waals surface area contributed by atoms with Gasteiger partial charge < -0.3 is 4.74 Å². The van der Waals surface area contributed by atoms with E-state index in [4.69, 9.17) is 4.74 Å². The van der Waals surface area contributed by atoms with E-state index in [1.54, 1.807) is 28.9 Å². The van der Waals surface area contributed by atoms with Gasteiger partial charge in [0.05, 0.1) is 33.4 Å². The van der Waals surface area contributed by atoms with Crippen molar-refractivity contribution in [2.75, 3.05) is 9.37 Å². The summed E-state index contributed by atoms with van der Waals surface area (Å²) >= 11 is 1.80. The minimum atomic E-state index is -3.41. The number of rotatable bonds is 6. The van der Waals surface area contributed by atoms with Gasteiger partial charge in [-0.25, -0.2) is 11.5 Å². The molecule has 0 saturated carbocycles. The van der Waals surface area contributed by atoms with E-state index in [1.165, 1.54) is 20.8 Å². The Morgan fingerprint density at radius 2 is 1.88 bits per heavy atom. The van der Waals surface area contributed by atoms with Crippen molar-refractivity contribution in [3.05, 3.63) is 60.7 Å². The number of carbonyl (C=O) groups is 1. The number of amides is 1. The third kappa shape index (κ3) is 4.82. The first kappa shape index (κ1) is 19.5. The summed E-state index contributed by atoms with van der Waals surface area (Å²) in [6.07, 6.45) is 3.19. The van der Waals surface area contributed by atoms with Gasteiger partial charge in [-0.15, -0.1) is 0 Å². The lowest BCUT2D eigenvalue weighted by atomic mass is 10.2. The molecule has 0 aromatic heterocycles. The van der Waals surface area contributed by atoms with Gasteiger partial charge in [-0.1, -0.05) is 25.6 Å². The fourth-order valence-corrected chi connectivity index (χ4v) is 3.30. The van der Waals surface area contributed by atoms with Crippen molar-refractivity contribution in [1.29, 1.82) is 0 Å². The highest BCUT2D eigenvalue weighted by Crippen LogP contribution is 2.36. The lowest BCUT2D eigenvalue weighted by Gasteiger charge is -2.18. The Bertz CT molecular complexity index is 892. The van der Waals surface area contributed by atoms with Gasteiger partial charge in [0.25, 0.3) is 5.91 Å². The maximum atomic E-state index is 12.0. The van der Waals surface area contributed by atoms with Crippen LogP contribution in [0, 0.1) is 0 Å². The summed E-state index contributed by atoms with van der Waals surface area (Å²) in [5, 5.41) is 0. The van der Waals surface area contributed by atoms with Crippen LogP contribution >= 0.6 is 22.9 Å². The van der Waals surface area contributed by atoms with E-state index in [9.17, 15) is 13.2 Å². The SMILES string of the molecule is C=CC(=O)N(I)c1cc(S(C)(=O)=O)ccc1Oc1ccc(CC)cc1. The second kappa shape index (κ2) is 8.01. The molecule has 0 bridgehead atoms. The van der Waals surface area contributed by atoms with Crippen LogP contribution in [0.5, 0.6) is 11.5 Å². The number of nitrogens with zero attached hydrogens (tertiary/aromatic N) is 1. The smallest absolute Gasteiger partial charge is 0.259 e. The molecule has 7 heteroatoms. The molecule has 2 aromatic rings. The first-order chi connectivity index (χ1) is 11.8. The van der Waals surface area contributed by atoms with Crippen LogP contribution < -0.4 is 7.85 Å². The summed E-state index contributed by atoms with van der Waals surface area (Å²) in [6, 6.07) is 12.0. The average Bonchev–Trinajstić information content (AvgIpc) is 2.60. The van der Waals surface area contributed by atoms with Crippen molar-refractivity contribution < 1.29 is 17.9 Å². The number of aryl methyl sites for hydroxylation is 1. The van der Waals surface area contributed by atoms with Crippen molar-refractivity contribution in [2.24, 2.45) is 0 Å². The molecule has 0 aliphatic carbocycles. The molecule has 0 unspecified atom stereocenters. The number of ether oxygens (including phenoxy) is 1. The number of anilines is 1. The molecular weight excluding hydrogens is 453 g/mol. The second-order valence-electron chi connectivity index (χ2n) is 5.32. The van der Waals surface area contributed by atoms with Crippen molar-refractivity contribution in [2.45, 2.75) is 18.2 Å². The Labute approximate surface area is 161 Å². The van der Waals surface area contributed by atoms with Crippen LogP contribution in [0.25, 0.3) is 0 Å². The normalized spacial score (nSPS) is 11.0. The minimum Gasteiger partial charge on any atom is -0.455 e. The predicted octanol–water partition coefficient (Wildman–Crippen LogP) is 4.31. The fraction of sp³-hybridized carbons (Fsp3) is 0.167. The zero-order valence-electron chi connectivity index (χ0n) is 13.9. The molecule has 1 amide bonds. The lowest BCUT2D eigenvalue weighted by Crippen LogP contribution is -2.18. The Balaban J connectivity index is 2.47. The summed E-state index contributed by atoms with van der Waals surface area (Å²) in [5.41, 5.74) is 1.52. The van der Waals surface area contributed by atoms with Crippen LogP contribution in [-0.2, 0) is 21.1 Å². The molecule has 0 saturated heterocycles. The topological polar surface area (TPSA) is 63.7 Å². The highest BCUT2D eigenvalue weighted by Gasteiger charge is 2.19. The summed E-state index contributed by atoms with van der Waals surface area (Å²) in [5.74, 6) is 0.597. The van der Waals surface area contributed by atoms with Crippen LogP contribution in [-0.4, -0.2) is 20.6 Å². The Morgan fingerprint density at radius 3 is 2.40 bits per heavy atom. The van der Waals surface area contributed by atoms with Gasteiger partial charge in [0.1, 0.15) is 5.75 Å². The van der Waals surface area contributed by atoms with E-state index in [1.807, 2.05) is 24.3 Å². The molecule has 5 nitrogen and oxygen atoms in total. The van der Waals surface area contributed by atoms with E-state index < -0.39 is 9.84 Å². The predicted molar refractivity (Wildman–Crippen MR) is 107 cm³/mol. The van der Waals surface area contributed by atoms with Crippen LogP contribution in [0.1, 0.15) is 12.5 Å². The van der Waals surface area contributed by atoms with Gasteiger partial charge in [0, 0.05) is 6.26 Å². The average molecular weight is 471 g/mol. The van der Waals surface area contributed by atoms with Crippen molar-refractivity contribution >= 4 is 44.3 Å². The van der Waals surface area contributed by atoms with Crippen LogP contribution in [0.3, 0.4) is 0 Å². The summed E-state index contributed by atoms with van der Waals surface area (Å²) in [4.78, 5) is 12.1. The molecule has 2 rings (SSSR count). The summed E-state index contributed by atoms with van der Waals surface area (Å²) < 4.78 is 30.8. The maximum Gasteiger partial charge on any atom is 0.259 e. The van der Waals surface area contributed by atoms with Gasteiger partial charge in [0.15, 0.2) is 15.6 Å². The van der Waals surface area contributed by atoms with E-state index in [2.05, 4.69) is 13.5 Å². The van der Waals surface area contributed by atoms with Gasteiger partial charge >= 0.3 is 0 Å². The van der Waals surface area contributed by atoms with E-state index >= 15 is 0 Å². The third-order valence-corrected chi connectivity index (χ3v) is 5.60. The highest BCUT2D eigenvalue weighted by atomic mass is 127. The largest absolute Gasteiger partial charge is 0.455 e. The Hall–Kier alpha value is -1.87. The fourth-order valence-electron chi connectivity index (χ4n) is 2.09. The van der Waals surface area contributed by atoms with Gasteiger partial charge in [-0.3, -0.25) is 4.79 Å². The zero-order chi connectivity index (χ0) is 18.6. The second-order valence-corrected chi connectivity index (χ2v) is 8.31. The number of carbonyl (C=O) groups excluding carboxylic acids is 1. The van der Waals surface area contributed by atoms with Crippen LogP contribution in [0.4, 0.5) is 5.69 Å². The van der Waals surface area contributed by atoms with E-state index in [0.717, 1.165) is 18.8 Å². The highest BCUT2D eigenvalue weighted by molar-refractivity contribution is 14.1. The molecule has 0 aliphatic heterocycles. The van der Waals surface area contributed by atoms with Crippen molar-refractivity contribution in [3.63, 3.8) is 0 Å². The first-order valence-electron chi connectivity index (χ1n) is 7.49. The monoisotopic (exact) mass is 471 g/mol. The molecule has 0 aliphatic rings. The maximum absolute atomic E-state index is 12.0. The molecule has 0 radical (unpaired) electrons. The van der Waals surface area contributed by atoms with Gasteiger partial charge in [-0.05, 0) is 48.4 Å². The van der Waals surface area contributed by atoms with Crippen LogP contribution in [0.2, 0.25) is 0 Å². The molecule has 25 heavy (non-hydrogen) atoms. The first-order valence-corrected chi connectivity index (χ1v) is 10.3. The number of halogens is 1. The summed E-state index contributed by atoms with van der Waals surface area (Å²) in [7, 11) is -3.41. The van der Waals surface area contributed by atoms with Crippen LogP contribution in [0.15, 0.2) is 60.0 Å². The lowest BCUT2D eigenvalue weighted by molar-refractivity contribution is -0.112. The van der Waals surface area contributed by atoms with E-state index in [-0.39, 0.29) is 10.8 Å². The quantitative estimate of drug-likeness (QED) is 0.358. The molecule has 0 spiro atoms. The summed E-state index contributed by atoms with van der Waals surface area (Å²) in [6.45, 7) is 5.52. The molecular formula is C18H18INO4S. The number of hydrogen-bond acceptors (Lipinski definition) is 4. The third-order valence-electron chi connectivity index (χ3n) is 3.50. The zero-order valence-corrected chi connectivity index (χ0v) is 16.9. The van der Waals surface area contributed by atoms with Gasteiger partial charge in [0.2, 0.25) is 0 Å². The van der Waals surface area contributed by atoms with Crippen molar-refractivity contribution in [1.82, 2.24) is 0 Å². The molecule has 132 valence electrons. The standard InChI is InChI=1S/C18H18INO4S/c1-4-13-6-8-14(9-7-13)24-17-11-10-15(25(3,22)23)12-16(17)20(19)18(21)5-2/h5-12H,2,4H2,1,3H3. The number of benzene rings is 2. The van der Waals surface area contributed by atoms with Crippen molar-refractivity contribution in [3.8, 4) is 11.5 Å². The number of sulfone groups is 1. The number of hydrogen-bond donors (Lipinski definition) is 0. The Morgan fingerprint density at radius 1 is 1.24 bits per heavy atom. The Kier molecular flexibility index (Phi) is 6.23. The molecule has 0 heterocycles. The molecule has 0 atom stereocenters. The molecule has 2 aromatic carbocycles. The minimum absolute atomic E-state index is 0.106. The molecule has 0 N–H and O–H groups in total. The van der Waals surface area contributed by atoms with E-state index in [0.29, 0.717) is 17.2 Å². The molecule has 0 fully saturated rings.